The van der Waals surface area contributed by atoms with E-state index in [9.17, 15) is 10.1 Å². The van der Waals surface area contributed by atoms with Crippen LogP contribution in [-0.4, -0.2) is 11.0 Å². The van der Waals surface area contributed by atoms with Crippen molar-refractivity contribution in [3.8, 4) is 11.3 Å². The average molecular weight is 336 g/mol. The minimum absolute atomic E-state index is 0.0759. The SMILES string of the molecule is CC(Cc1ccccc1)NCc1ccc(-c2ccc([N+](=O)[O-])cc2)o1. The van der Waals surface area contributed by atoms with Crippen molar-refractivity contribution in [2.45, 2.75) is 25.9 Å². The van der Waals surface area contributed by atoms with Crippen LogP contribution in [0.2, 0.25) is 0 Å². The van der Waals surface area contributed by atoms with E-state index in [0.717, 1.165) is 17.7 Å². The number of benzene rings is 2. The molecule has 1 unspecified atom stereocenters. The van der Waals surface area contributed by atoms with Gasteiger partial charge in [0.1, 0.15) is 11.5 Å². The Morgan fingerprint density at radius 3 is 2.44 bits per heavy atom. The number of rotatable bonds is 7. The summed E-state index contributed by atoms with van der Waals surface area (Å²) in [6.07, 6.45) is 0.955. The topological polar surface area (TPSA) is 68.3 Å². The van der Waals surface area contributed by atoms with Gasteiger partial charge in [0.2, 0.25) is 0 Å². The third kappa shape index (κ3) is 4.55. The first-order chi connectivity index (χ1) is 12.1. The molecule has 2 aromatic carbocycles. The fourth-order valence-corrected chi connectivity index (χ4v) is 2.69. The monoisotopic (exact) mass is 336 g/mol. The van der Waals surface area contributed by atoms with E-state index < -0.39 is 4.92 Å². The normalized spacial score (nSPS) is 12.0. The molecule has 0 fully saturated rings. The maximum absolute atomic E-state index is 10.7. The molecular formula is C20H20N2O3. The van der Waals surface area contributed by atoms with Gasteiger partial charge in [-0.25, -0.2) is 0 Å². The molecule has 3 rings (SSSR count). The van der Waals surface area contributed by atoms with Gasteiger partial charge in [-0.15, -0.1) is 0 Å². The second-order valence-corrected chi connectivity index (χ2v) is 6.04. The Morgan fingerprint density at radius 2 is 1.76 bits per heavy atom. The largest absolute Gasteiger partial charge is 0.460 e. The first-order valence-electron chi connectivity index (χ1n) is 8.22. The number of non-ortho nitro benzene ring substituents is 1. The van der Waals surface area contributed by atoms with Crippen LogP contribution in [0.5, 0.6) is 0 Å². The fraction of sp³-hybridized carbons (Fsp3) is 0.200. The summed E-state index contributed by atoms with van der Waals surface area (Å²) in [7, 11) is 0. The van der Waals surface area contributed by atoms with Crippen molar-refractivity contribution in [2.24, 2.45) is 0 Å². The lowest BCUT2D eigenvalue weighted by molar-refractivity contribution is -0.384. The molecule has 0 aliphatic heterocycles. The van der Waals surface area contributed by atoms with Crippen LogP contribution in [0.25, 0.3) is 11.3 Å². The lowest BCUT2D eigenvalue weighted by atomic mass is 10.1. The first-order valence-corrected chi connectivity index (χ1v) is 8.22. The minimum atomic E-state index is -0.407. The van der Waals surface area contributed by atoms with Crippen LogP contribution in [0.3, 0.4) is 0 Å². The van der Waals surface area contributed by atoms with Gasteiger partial charge in [-0.3, -0.25) is 10.1 Å². The highest BCUT2D eigenvalue weighted by Gasteiger charge is 2.09. The van der Waals surface area contributed by atoms with Crippen molar-refractivity contribution >= 4 is 5.69 Å². The molecule has 0 aliphatic carbocycles. The molecule has 0 spiro atoms. The molecule has 25 heavy (non-hydrogen) atoms. The Hall–Kier alpha value is -2.92. The Bertz CT molecular complexity index is 826. The molecule has 3 aromatic rings. The Labute approximate surface area is 146 Å². The predicted octanol–water partition coefficient (Wildman–Crippen LogP) is 4.58. The molecule has 128 valence electrons. The molecule has 0 amide bonds. The van der Waals surface area contributed by atoms with Gasteiger partial charge in [-0.05, 0) is 43.2 Å². The quantitative estimate of drug-likeness (QED) is 0.507. The molecule has 1 N–H and O–H groups in total. The Morgan fingerprint density at radius 1 is 1.04 bits per heavy atom. The number of nitro groups is 1. The highest BCUT2D eigenvalue weighted by Crippen LogP contribution is 2.24. The van der Waals surface area contributed by atoms with Gasteiger partial charge >= 0.3 is 0 Å². The van der Waals surface area contributed by atoms with Crippen LogP contribution in [0.1, 0.15) is 18.2 Å². The zero-order valence-corrected chi connectivity index (χ0v) is 14.0. The zero-order valence-electron chi connectivity index (χ0n) is 14.0. The number of furan rings is 1. The maximum Gasteiger partial charge on any atom is 0.269 e. The lowest BCUT2D eigenvalue weighted by Gasteiger charge is -2.12. The summed E-state index contributed by atoms with van der Waals surface area (Å²) < 4.78 is 5.84. The van der Waals surface area contributed by atoms with Crippen LogP contribution < -0.4 is 5.32 Å². The fourth-order valence-electron chi connectivity index (χ4n) is 2.69. The molecule has 0 radical (unpaired) electrons. The molecule has 0 saturated heterocycles. The highest BCUT2D eigenvalue weighted by atomic mass is 16.6. The van der Waals surface area contributed by atoms with Gasteiger partial charge in [0.25, 0.3) is 5.69 Å². The third-order valence-corrected chi connectivity index (χ3v) is 4.03. The zero-order chi connectivity index (χ0) is 17.6. The molecule has 0 aliphatic rings. The maximum atomic E-state index is 10.7. The number of nitro benzene ring substituents is 1. The summed E-state index contributed by atoms with van der Waals surface area (Å²) in [5.74, 6) is 1.55. The molecule has 1 heterocycles. The number of hydrogen-bond acceptors (Lipinski definition) is 4. The van der Waals surface area contributed by atoms with Crippen molar-refractivity contribution in [1.82, 2.24) is 5.32 Å². The van der Waals surface area contributed by atoms with E-state index in [0.29, 0.717) is 18.3 Å². The van der Waals surface area contributed by atoms with Gasteiger partial charge < -0.3 is 9.73 Å². The van der Waals surface area contributed by atoms with E-state index in [-0.39, 0.29) is 5.69 Å². The summed E-state index contributed by atoms with van der Waals surface area (Å²) in [6.45, 7) is 2.79. The summed E-state index contributed by atoms with van der Waals surface area (Å²) in [5, 5.41) is 14.2. The van der Waals surface area contributed by atoms with Gasteiger partial charge in [-0.1, -0.05) is 30.3 Å². The Kier molecular flexibility index (Phi) is 5.26. The van der Waals surface area contributed by atoms with E-state index in [1.807, 2.05) is 30.3 Å². The van der Waals surface area contributed by atoms with Crippen LogP contribution in [0.15, 0.2) is 71.1 Å². The van der Waals surface area contributed by atoms with E-state index >= 15 is 0 Å². The average Bonchev–Trinajstić information content (AvgIpc) is 3.10. The second-order valence-electron chi connectivity index (χ2n) is 6.04. The summed E-state index contributed by atoms with van der Waals surface area (Å²) in [6, 6.07) is 20.9. The van der Waals surface area contributed by atoms with Crippen molar-refractivity contribution < 1.29 is 9.34 Å². The Balaban J connectivity index is 1.57. The number of hydrogen-bond donors (Lipinski definition) is 1. The van der Waals surface area contributed by atoms with Crippen LogP contribution in [0, 0.1) is 10.1 Å². The summed E-state index contributed by atoms with van der Waals surface area (Å²) >= 11 is 0. The van der Waals surface area contributed by atoms with Crippen molar-refractivity contribution in [3.63, 3.8) is 0 Å². The predicted molar refractivity (Wildman–Crippen MR) is 97.2 cm³/mol. The number of nitrogens with zero attached hydrogens (tertiary/aromatic N) is 1. The molecule has 1 aromatic heterocycles. The van der Waals surface area contributed by atoms with E-state index in [2.05, 4.69) is 24.4 Å². The highest BCUT2D eigenvalue weighted by molar-refractivity contribution is 5.59. The molecule has 0 saturated carbocycles. The number of nitrogens with one attached hydrogen (secondary N) is 1. The summed E-state index contributed by atoms with van der Waals surface area (Å²) in [5.41, 5.74) is 2.20. The minimum Gasteiger partial charge on any atom is -0.460 e. The van der Waals surface area contributed by atoms with E-state index in [1.165, 1.54) is 17.7 Å². The third-order valence-electron chi connectivity index (χ3n) is 4.03. The van der Waals surface area contributed by atoms with Crippen molar-refractivity contribution in [1.29, 1.82) is 0 Å². The van der Waals surface area contributed by atoms with Gasteiger partial charge in [0, 0.05) is 23.7 Å². The second kappa shape index (κ2) is 7.77. The molecule has 1 atom stereocenters. The molecular weight excluding hydrogens is 316 g/mol. The van der Waals surface area contributed by atoms with Gasteiger partial charge in [0.15, 0.2) is 0 Å². The van der Waals surface area contributed by atoms with Crippen LogP contribution >= 0.6 is 0 Å². The smallest absolute Gasteiger partial charge is 0.269 e. The van der Waals surface area contributed by atoms with Gasteiger partial charge in [0.05, 0.1) is 11.5 Å². The molecule has 5 heteroatoms. The standard InChI is InChI=1S/C20H20N2O3/c1-15(13-16-5-3-2-4-6-16)21-14-19-11-12-20(25-19)17-7-9-18(10-8-17)22(23)24/h2-12,15,21H,13-14H2,1H3. The van der Waals surface area contributed by atoms with Crippen molar-refractivity contribution in [2.75, 3.05) is 0 Å². The van der Waals surface area contributed by atoms with Crippen LogP contribution in [-0.2, 0) is 13.0 Å². The first kappa shape index (κ1) is 16.9. The van der Waals surface area contributed by atoms with Crippen molar-refractivity contribution in [3.05, 3.63) is 88.2 Å². The van der Waals surface area contributed by atoms with E-state index in [1.54, 1.807) is 12.1 Å². The molecule has 5 nitrogen and oxygen atoms in total. The van der Waals surface area contributed by atoms with Gasteiger partial charge in [-0.2, -0.15) is 0 Å². The van der Waals surface area contributed by atoms with E-state index in [4.69, 9.17) is 4.42 Å². The lowest BCUT2D eigenvalue weighted by Crippen LogP contribution is -2.27. The molecule has 0 bridgehead atoms. The van der Waals surface area contributed by atoms with Crippen LogP contribution in [0.4, 0.5) is 5.69 Å². The summed E-state index contributed by atoms with van der Waals surface area (Å²) in [4.78, 5) is 10.3.